The maximum atomic E-state index is 14.7. The first-order chi connectivity index (χ1) is 20.9. The molecule has 11 heteroatoms. The van der Waals surface area contributed by atoms with E-state index in [1.165, 1.54) is 28.1 Å². The lowest BCUT2D eigenvalue weighted by molar-refractivity contribution is -0.133. The highest BCUT2D eigenvalue weighted by molar-refractivity contribution is 6.34. The Bertz CT molecular complexity index is 1500. The highest BCUT2D eigenvalue weighted by Crippen LogP contribution is 2.40. The summed E-state index contributed by atoms with van der Waals surface area (Å²) in [5.74, 6) is -0.481. The third-order valence-corrected chi connectivity index (χ3v) is 7.98. The van der Waals surface area contributed by atoms with Crippen molar-refractivity contribution in [3.8, 4) is 11.5 Å². The molecule has 2 aliphatic heterocycles. The van der Waals surface area contributed by atoms with Gasteiger partial charge in [0.2, 0.25) is 0 Å². The van der Waals surface area contributed by atoms with E-state index in [1.807, 2.05) is 24.3 Å². The number of carbonyl (C=O) groups is 2. The van der Waals surface area contributed by atoms with Crippen molar-refractivity contribution in [1.29, 1.82) is 0 Å². The minimum Gasteiger partial charge on any atom is -0.497 e. The summed E-state index contributed by atoms with van der Waals surface area (Å²) in [5.41, 5.74) is 1.93. The third-order valence-electron chi connectivity index (χ3n) is 7.65. The van der Waals surface area contributed by atoms with Crippen LogP contribution in [0.3, 0.4) is 0 Å². The van der Waals surface area contributed by atoms with E-state index >= 15 is 0 Å². The van der Waals surface area contributed by atoms with Crippen LogP contribution in [0.4, 0.5) is 4.39 Å². The predicted octanol–water partition coefficient (Wildman–Crippen LogP) is 4.65. The van der Waals surface area contributed by atoms with Crippen molar-refractivity contribution in [3.63, 3.8) is 0 Å². The third kappa shape index (κ3) is 6.98. The van der Waals surface area contributed by atoms with Crippen molar-refractivity contribution >= 4 is 29.1 Å². The summed E-state index contributed by atoms with van der Waals surface area (Å²) in [5, 5.41) is 6.63. The van der Waals surface area contributed by atoms with Gasteiger partial charge in [-0.1, -0.05) is 41.9 Å². The normalized spacial score (nSPS) is 17.0. The molecule has 0 aromatic heterocycles. The van der Waals surface area contributed by atoms with Gasteiger partial charge in [0.25, 0.3) is 11.8 Å². The van der Waals surface area contributed by atoms with Crippen molar-refractivity contribution in [1.82, 2.24) is 14.8 Å². The van der Waals surface area contributed by atoms with E-state index in [2.05, 4.69) is 4.90 Å². The molecule has 1 fully saturated rings. The van der Waals surface area contributed by atoms with Crippen molar-refractivity contribution in [2.75, 3.05) is 60.2 Å². The van der Waals surface area contributed by atoms with Crippen LogP contribution in [-0.2, 0) is 9.53 Å². The van der Waals surface area contributed by atoms with Gasteiger partial charge in [0.15, 0.2) is 0 Å². The van der Waals surface area contributed by atoms with E-state index in [9.17, 15) is 14.0 Å². The topological polar surface area (TPSA) is 83.9 Å². The fourth-order valence-electron chi connectivity index (χ4n) is 5.32. The molecule has 0 bridgehead atoms. The number of morpholine rings is 1. The van der Waals surface area contributed by atoms with Crippen LogP contribution in [0.15, 0.2) is 71.8 Å². The number of amides is 2. The molecule has 2 heterocycles. The average Bonchev–Trinajstić information content (AvgIpc) is 3.48. The van der Waals surface area contributed by atoms with Gasteiger partial charge >= 0.3 is 0 Å². The number of methoxy groups -OCH3 is 2. The molecule has 1 unspecified atom stereocenters. The number of hydrogen-bond donors (Lipinski definition) is 0. The molecule has 226 valence electrons. The lowest BCUT2D eigenvalue weighted by Gasteiger charge is -2.31. The highest BCUT2D eigenvalue weighted by atomic mass is 35.5. The van der Waals surface area contributed by atoms with E-state index < -0.39 is 23.7 Å². The Labute approximate surface area is 255 Å². The molecule has 3 aromatic carbocycles. The van der Waals surface area contributed by atoms with Gasteiger partial charge in [0.1, 0.15) is 23.9 Å². The van der Waals surface area contributed by atoms with Crippen LogP contribution in [0.5, 0.6) is 11.5 Å². The first-order valence-corrected chi connectivity index (χ1v) is 14.5. The molecule has 0 spiro atoms. The zero-order valence-corrected chi connectivity index (χ0v) is 24.9. The Morgan fingerprint density at radius 2 is 1.79 bits per heavy atom. The minimum atomic E-state index is -0.643. The Kier molecular flexibility index (Phi) is 9.91. The number of halogens is 2. The fourth-order valence-corrected chi connectivity index (χ4v) is 5.57. The van der Waals surface area contributed by atoms with E-state index in [-0.39, 0.29) is 18.7 Å². The molecular formula is C32H34ClFN4O5. The Morgan fingerprint density at radius 3 is 2.51 bits per heavy atom. The van der Waals surface area contributed by atoms with Crippen LogP contribution in [0.1, 0.15) is 33.9 Å². The highest BCUT2D eigenvalue weighted by Gasteiger charge is 2.37. The zero-order chi connectivity index (χ0) is 30.3. The van der Waals surface area contributed by atoms with E-state index in [4.69, 9.17) is 30.9 Å². The lowest BCUT2D eigenvalue weighted by Crippen LogP contribution is -2.46. The van der Waals surface area contributed by atoms with Crippen LogP contribution in [0, 0.1) is 5.82 Å². The van der Waals surface area contributed by atoms with E-state index in [1.54, 1.807) is 38.5 Å². The number of rotatable bonds is 10. The average molecular weight is 609 g/mol. The standard InChI is InChI=1S/C32H34ClFN4O5/c1-41-22-11-12-30(42-2)25(19-22)29-20-28(23-7-3-5-9-26(23)33)35-38(29)31(39)21-37(14-13-36-15-17-43-18-16-36)32(40)24-8-4-6-10-27(24)34/h3-12,19,29H,13-18,20-21H2,1-2H3. The molecule has 5 rings (SSSR count). The quantitative estimate of drug-likeness (QED) is 0.333. The summed E-state index contributed by atoms with van der Waals surface area (Å²) in [4.78, 5) is 31.3. The first-order valence-electron chi connectivity index (χ1n) is 14.1. The second-order valence-corrected chi connectivity index (χ2v) is 10.7. The molecule has 0 N–H and O–H groups in total. The molecular weight excluding hydrogens is 575 g/mol. The van der Waals surface area contributed by atoms with Crippen LogP contribution in [0.25, 0.3) is 0 Å². The SMILES string of the molecule is COc1ccc(OC)c(C2CC(c3ccccc3Cl)=NN2C(=O)CN(CCN2CCOCC2)C(=O)c2ccccc2F)c1. The van der Waals surface area contributed by atoms with Gasteiger partial charge in [0, 0.05) is 48.7 Å². The van der Waals surface area contributed by atoms with Gasteiger partial charge in [-0.25, -0.2) is 9.40 Å². The summed E-state index contributed by atoms with van der Waals surface area (Å²) in [7, 11) is 3.12. The Morgan fingerprint density at radius 1 is 1.05 bits per heavy atom. The monoisotopic (exact) mass is 608 g/mol. The molecule has 1 atom stereocenters. The molecule has 2 aliphatic rings. The van der Waals surface area contributed by atoms with E-state index in [0.29, 0.717) is 72.6 Å². The van der Waals surface area contributed by atoms with Crippen molar-refractivity contribution < 1.29 is 28.2 Å². The lowest BCUT2D eigenvalue weighted by atomic mass is 9.97. The first kappa shape index (κ1) is 30.5. The molecule has 0 saturated carbocycles. The molecule has 9 nitrogen and oxygen atoms in total. The minimum absolute atomic E-state index is 0.0926. The molecule has 0 radical (unpaired) electrons. The van der Waals surface area contributed by atoms with Crippen LogP contribution < -0.4 is 9.47 Å². The predicted molar refractivity (Wildman–Crippen MR) is 161 cm³/mol. The van der Waals surface area contributed by atoms with Gasteiger partial charge in [-0.3, -0.25) is 14.5 Å². The van der Waals surface area contributed by atoms with Crippen molar-refractivity contribution in [2.45, 2.75) is 12.5 Å². The summed E-state index contributed by atoms with van der Waals surface area (Å²) in [6.45, 7) is 3.05. The number of carbonyl (C=O) groups excluding carboxylic acids is 2. The van der Waals surface area contributed by atoms with Crippen molar-refractivity contribution in [2.24, 2.45) is 5.10 Å². The Balaban J connectivity index is 1.48. The summed E-state index contributed by atoms with van der Waals surface area (Å²) in [6, 6.07) is 17.9. The molecule has 1 saturated heterocycles. The van der Waals surface area contributed by atoms with Gasteiger partial charge in [-0.2, -0.15) is 5.10 Å². The molecule has 0 aliphatic carbocycles. The Hall–Kier alpha value is -3.99. The largest absolute Gasteiger partial charge is 0.497 e. The van der Waals surface area contributed by atoms with Gasteiger partial charge in [-0.05, 0) is 36.4 Å². The second-order valence-electron chi connectivity index (χ2n) is 10.3. The molecule has 43 heavy (non-hydrogen) atoms. The fraction of sp³-hybridized carbons (Fsp3) is 0.344. The zero-order valence-electron chi connectivity index (χ0n) is 24.2. The smallest absolute Gasteiger partial charge is 0.262 e. The van der Waals surface area contributed by atoms with Gasteiger partial charge in [-0.15, -0.1) is 0 Å². The number of benzene rings is 3. The van der Waals surface area contributed by atoms with Crippen LogP contribution >= 0.6 is 11.6 Å². The second kappa shape index (κ2) is 14.0. The van der Waals surface area contributed by atoms with E-state index in [0.717, 1.165) is 0 Å². The molecule has 3 aromatic rings. The van der Waals surface area contributed by atoms with Gasteiger partial charge in [0.05, 0.1) is 44.8 Å². The maximum absolute atomic E-state index is 14.7. The van der Waals surface area contributed by atoms with Crippen LogP contribution in [0.2, 0.25) is 5.02 Å². The molecule has 2 amide bonds. The number of nitrogens with zero attached hydrogens (tertiary/aromatic N) is 4. The number of hydrogen-bond acceptors (Lipinski definition) is 7. The number of hydrazone groups is 1. The van der Waals surface area contributed by atoms with Gasteiger partial charge < -0.3 is 19.1 Å². The van der Waals surface area contributed by atoms with Crippen molar-refractivity contribution in [3.05, 3.63) is 94.3 Å². The maximum Gasteiger partial charge on any atom is 0.262 e. The van der Waals surface area contributed by atoms with Crippen LogP contribution in [-0.4, -0.2) is 92.5 Å². The summed E-state index contributed by atoms with van der Waals surface area (Å²) in [6.07, 6.45) is 0.355. The summed E-state index contributed by atoms with van der Waals surface area (Å²) < 4.78 is 31.3. The number of ether oxygens (including phenoxy) is 3. The summed E-state index contributed by atoms with van der Waals surface area (Å²) >= 11 is 6.52.